The van der Waals surface area contributed by atoms with Crippen molar-refractivity contribution in [1.29, 1.82) is 0 Å². The molecule has 0 atom stereocenters. The van der Waals surface area contributed by atoms with E-state index in [2.05, 4.69) is 61.7 Å². The van der Waals surface area contributed by atoms with Crippen LogP contribution >= 0.6 is 11.6 Å². The van der Waals surface area contributed by atoms with E-state index in [1.807, 2.05) is 0 Å². The Kier molecular flexibility index (Phi) is 3.73. The van der Waals surface area contributed by atoms with Crippen LogP contribution in [0.1, 0.15) is 22.5 Å². The van der Waals surface area contributed by atoms with E-state index in [0.717, 1.165) is 23.3 Å². The summed E-state index contributed by atoms with van der Waals surface area (Å²) in [6.45, 7) is 6.35. The molecular formula is C18H19ClN2. The number of aromatic nitrogens is 2. The van der Waals surface area contributed by atoms with E-state index in [-0.39, 0.29) is 0 Å². The molecule has 1 aromatic heterocycles. The third kappa shape index (κ3) is 2.68. The van der Waals surface area contributed by atoms with Gasteiger partial charge in [0.2, 0.25) is 0 Å². The van der Waals surface area contributed by atoms with Gasteiger partial charge in [-0.15, -0.1) is 11.6 Å². The van der Waals surface area contributed by atoms with Crippen molar-refractivity contribution < 1.29 is 0 Å². The molecule has 0 radical (unpaired) electrons. The van der Waals surface area contributed by atoms with Crippen LogP contribution in [0.5, 0.6) is 0 Å². The molecular weight excluding hydrogens is 280 g/mol. The van der Waals surface area contributed by atoms with Gasteiger partial charge in [0.1, 0.15) is 5.82 Å². The van der Waals surface area contributed by atoms with Gasteiger partial charge in [-0.05, 0) is 61.7 Å². The molecule has 0 fully saturated rings. The molecule has 0 unspecified atom stereocenters. The first-order chi connectivity index (χ1) is 10.1. The molecule has 0 saturated carbocycles. The van der Waals surface area contributed by atoms with Gasteiger partial charge in [-0.25, -0.2) is 4.98 Å². The number of imidazole rings is 1. The molecule has 2 nitrogen and oxygen atoms in total. The Hall–Kier alpha value is -1.80. The number of nitrogens with zero attached hydrogens (tertiary/aromatic N) is 2. The van der Waals surface area contributed by atoms with Crippen molar-refractivity contribution in [3.63, 3.8) is 0 Å². The summed E-state index contributed by atoms with van der Waals surface area (Å²) in [5.41, 5.74) is 7.09. The number of rotatable bonds is 3. The summed E-state index contributed by atoms with van der Waals surface area (Å²) in [7, 11) is 0. The molecule has 0 aliphatic carbocycles. The van der Waals surface area contributed by atoms with Crippen LogP contribution < -0.4 is 0 Å². The van der Waals surface area contributed by atoms with Gasteiger partial charge in [-0.2, -0.15) is 0 Å². The molecule has 0 spiro atoms. The lowest BCUT2D eigenvalue weighted by Crippen LogP contribution is -2.03. The summed E-state index contributed by atoms with van der Waals surface area (Å²) in [5, 5.41) is 0. The van der Waals surface area contributed by atoms with Gasteiger partial charge in [0.25, 0.3) is 0 Å². The van der Waals surface area contributed by atoms with Crippen LogP contribution in [-0.2, 0) is 6.42 Å². The third-order valence-electron chi connectivity index (χ3n) is 3.66. The fourth-order valence-electron chi connectivity index (χ4n) is 2.86. The average molecular weight is 299 g/mol. The van der Waals surface area contributed by atoms with Gasteiger partial charge >= 0.3 is 0 Å². The predicted octanol–water partition coefficient (Wildman–Crippen LogP) is 4.73. The molecule has 2 aromatic carbocycles. The maximum absolute atomic E-state index is 5.96. The lowest BCUT2D eigenvalue weighted by Gasteiger charge is -2.11. The number of benzene rings is 2. The Morgan fingerprint density at radius 1 is 0.952 bits per heavy atom. The van der Waals surface area contributed by atoms with Crippen molar-refractivity contribution in [2.75, 3.05) is 5.88 Å². The molecule has 3 aromatic rings. The summed E-state index contributed by atoms with van der Waals surface area (Å²) in [6, 6.07) is 13.0. The predicted molar refractivity (Wildman–Crippen MR) is 89.7 cm³/mol. The highest BCUT2D eigenvalue weighted by molar-refractivity contribution is 6.17. The first-order valence-corrected chi connectivity index (χ1v) is 7.74. The van der Waals surface area contributed by atoms with Crippen LogP contribution in [0.15, 0.2) is 36.4 Å². The van der Waals surface area contributed by atoms with Crippen LogP contribution in [0, 0.1) is 20.8 Å². The van der Waals surface area contributed by atoms with E-state index in [0.29, 0.717) is 5.88 Å². The number of aryl methyl sites for hydroxylation is 4. The molecule has 21 heavy (non-hydrogen) atoms. The summed E-state index contributed by atoms with van der Waals surface area (Å²) >= 11 is 5.96. The highest BCUT2D eigenvalue weighted by atomic mass is 35.5. The van der Waals surface area contributed by atoms with E-state index >= 15 is 0 Å². The Balaban J connectivity index is 2.30. The topological polar surface area (TPSA) is 17.8 Å². The molecule has 0 saturated heterocycles. The van der Waals surface area contributed by atoms with Crippen LogP contribution in [0.3, 0.4) is 0 Å². The van der Waals surface area contributed by atoms with Gasteiger partial charge in [-0.3, -0.25) is 4.57 Å². The second-order valence-electron chi connectivity index (χ2n) is 5.64. The molecule has 0 amide bonds. The fourth-order valence-corrected chi connectivity index (χ4v) is 3.03. The van der Waals surface area contributed by atoms with E-state index in [9.17, 15) is 0 Å². The lowest BCUT2D eigenvalue weighted by atomic mass is 10.1. The third-order valence-corrected chi connectivity index (χ3v) is 3.85. The molecule has 0 aliphatic rings. The summed E-state index contributed by atoms with van der Waals surface area (Å²) in [5.74, 6) is 1.60. The summed E-state index contributed by atoms with van der Waals surface area (Å²) in [6.07, 6.45) is 0.766. The monoisotopic (exact) mass is 298 g/mol. The van der Waals surface area contributed by atoms with Gasteiger partial charge in [-0.1, -0.05) is 12.1 Å². The van der Waals surface area contributed by atoms with Crippen molar-refractivity contribution in [3.8, 4) is 5.69 Å². The molecule has 0 N–H and O–H groups in total. The number of alkyl halides is 1. The van der Waals surface area contributed by atoms with Gasteiger partial charge in [0, 0.05) is 18.0 Å². The molecule has 108 valence electrons. The molecule has 1 heterocycles. The Bertz CT molecular complexity index is 782. The zero-order valence-electron chi connectivity index (χ0n) is 12.7. The molecule has 3 heteroatoms. The summed E-state index contributed by atoms with van der Waals surface area (Å²) in [4.78, 5) is 4.78. The average Bonchev–Trinajstić information content (AvgIpc) is 2.75. The van der Waals surface area contributed by atoms with Crippen molar-refractivity contribution >= 4 is 22.6 Å². The fraction of sp³-hybridized carbons (Fsp3) is 0.278. The van der Waals surface area contributed by atoms with Crippen LogP contribution in [0.2, 0.25) is 0 Å². The Morgan fingerprint density at radius 2 is 1.67 bits per heavy atom. The van der Waals surface area contributed by atoms with Gasteiger partial charge in [0.05, 0.1) is 11.0 Å². The van der Waals surface area contributed by atoms with Crippen LogP contribution in [0.4, 0.5) is 0 Å². The SMILES string of the molecule is Cc1cc(C)cc(-n2c(CCCl)nc3cc(C)ccc32)c1. The smallest absolute Gasteiger partial charge is 0.115 e. The Labute approximate surface area is 130 Å². The zero-order chi connectivity index (χ0) is 15.0. The normalized spacial score (nSPS) is 11.2. The van der Waals surface area contributed by atoms with Crippen molar-refractivity contribution in [2.24, 2.45) is 0 Å². The number of hydrogen-bond donors (Lipinski definition) is 0. The Morgan fingerprint density at radius 3 is 2.33 bits per heavy atom. The van der Waals surface area contributed by atoms with Crippen LogP contribution in [0.25, 0.3) is 16.7 Å². The van der Waals surface area contributed by atoms with Crippen molar-refractivity contribution in [2.45, 2.75) is 27.2 Å². The number of halogens is 1. The van der Waals surface area contributed by atoms with Crippen LogP contribution in [-0.4, -0.2) is 15.4 Å². The maximum Gasteiger partial charge on any atom is 0.115 e. The van der Waals surface area contributed by atoms with Gasteiger partial charge in [0.15, 0.2) is 0 Å². The summed E-state index contributed by atoms with van der Waals surface area (Å²) < 4.78 is 2.23. The lowest BCUT2D eigenvalue weighted by molar-refractivity contribution is 0.910. The first kappa shape index (κ1) is 14.2. The number of fused-ring (bicyclic) bond motifs is 1. The standard InChI is InChI=1S/C18H19ClN2/c1-12-4-5-17-16(11-12)20-18(6-7-19)21(17)15-9-13(2)8-14(3)10-15/h4-5,8-11H,6-7H2,1-3H3. The minimum absolute atomic E-state index is 0.576. The van der Waals surface area contributed by atoms with E-state index in [1.54, 1.807) is 0 Å². The largest absolute Gasteiger partial charge is 0.296 e. The molecule has 3 rings (SSSR count). The molecule has 0 aliphatic heterocycles. The van der Waals surface area contributed by atoms with Crippen molar-refractivity contribution in [1.82, 2.24) is 9.55 Å². The highest BCUT2D eigenvalue weighted by Gasteiger charge is 2.12. The van der Waals surface area contributed by atoms with Gasteiger partial charge < -0.3 is 0 Å². The first-order valence-electron chi connectivity index (χ1n) is 7.21. The minimum Gasteiger partial charge on any atom is -0.296 e. The van der Waals surface area contributed by atoms with E-state index < -0.39 is 0 Å². The maximum atomic E-state index is 5.96. The van der Waals surface area contributed by atoms with E-state index in [4.69, 9.17) is 16.6 Å². The minimum atomic E-state index is 0.576. The highest BCUT2D eigenvalue weighted by Crippen LogP contribution is 2.24. The molecule has 0 bridgehead atoms. The quantitative estimate of drug-likeness (QED) is 0.639. The second-order valence-corrected chi connectivity index (χ2v) is 6.02. The second kappa shape index (κ2) is 5.53. The van der Waals surface area contributed by atoms with Crippen molar-refractivity contribution in [3.05, 3.63) is 58.9 Å². The zero-order valence-corrected chi connectivity index (χ0v) is 13.4. The van der Waals surface area contributed by atoms with E-state index in [1.165, 1.54) is 22.4 Å². The number of hydrogen-bond acceptors (Lipinski definition) is 1.